The van der Waals surface area contributed by atoms with Crippen LogP contribution in [0.1, 0.15) is 17.3 Å². The summed E-state index contributed by atoms with van der Waals surface area (Å²) in [5, 5.41) is -0.138. The molecule has 0 aromatic heterocycles. The van der Waals surface area contributed by atoms with Gasteiger partial charge < -0.3 is 9.64 Å². The molecule has 4 heteroatoms. The maximum atomic E-state index is 12.0. The van der Waals surface area contributed by atoms with Crippen molar-refractivity contribution in [2.75, 3.05) is 13.6 Å². The quantitative estimate of drug-likeness (QED) is 0.703. The molecule has 0 radical (unpaired) electrons. The normalized spacial score (nSPS) is 22.1. The van der Waals surface area contributed by atoms with Gasteiger partial charge in [0.05, 0.1) is 17.5 Å². The largest absolute Gasteiger partial charge is 0.486 e. The lowest BCUT2D eigenvalue weighted by Gasteiger charge is -2.22. The van der Waals surface area contributed by atoms with E-state index >= 15 is 0 Å². The van der Waals surface area contributed by atoms with Crippen molar-refractivity contribution in [2.45, 2.75) is 18.4 Å². The number of halogens is 1. The van der Waals surface area contributed by atoms with Gasteiger partial charge in [0, 0.05) is 7.05 Å². The smallest absolute Gasteiger partial charge is 0.257 e. The zero-order valence-electron chi connectivity index (χ0n) is 9.31. The molecule has 0 saturated heterocycles. The van der Waals surface area contributed by atoms with Gasteiger partial charge in [-0.15, -0.1) is 11.6 Å². The summed E-state index contributed by atoms with van der Waals surface area (Å²) in [5.74, 6) is 0.602. The first-order valence-electron chi connectivity index (χ1n) is 5.25. The summed E-state index contributed by atoms with van der Waals surface area (Å²) in [7, 11) is 1.76. The maximum absolute atomic E-state index is 12.0. The van der Waals surface area contributed by atoms with Gasteiger partial charge in [-0.1, -0.05) is 12.1 Å². The fraction of sp³-hybridized carbons (Fsp3) is 0.417. The lowest BCUT2D eigenvalue weighted by atomic mass is 10.2. The molecule has 1 aromatic rings. The van der Waals surface area contributed by atoms with Crippen molar-refractivity contribution in [3.05, 3.63) is 29.8 Å². The lowest BCUT2D eigenvalue weighted by Crippen LogP contribution is -2.38. The molecule has 2 rings (SSSR count). The average Bonchev–Trinajstić information content (AvgIpc) is 2.38. The third-order valence-electron chi connectivity index (χ3n) is 2.71. The summed E-state index contributed by atoms with van der Waals surface area (Å²) in [5.41, 5.74) is 0.602. The molecule has 2 atom stereocenters. The summed E-state index contributed by atoms with van der Waals surface area (Å²) in [6.07, 6.45) is -0.167. The number of hydrogen-bond donors (Lipinski definition) is 0. The number of fused-ring (bicyclic) bond motifs is 1. The highest BCUT2D eigenvalue weighted by Gasteiger charge is 2.28. The molecule has 0 bridgehead atoms. The second-order valence-corrected chi connectivity index (χ2v) is 4.70. The number of carbonyl (C=O) groups is 1. The fourth-order valence-electron chi connectivity index (χ4n) is 1.74. The second-order valence-electron chi connectivity index (χ2n) is 4.02. The Labute approximate surface area is 100.0 Å². The highest BCUT2D eigenvalue weighted by molar-refractivity contribution is 6.20. The summed E-state index contributed by atoms with van der Waals surface area (Å²) >= 11 is 6.05. The Morgan fingerprint density at radius 3 is 2.88 bits per heavy atom. The SMILES string of the molecule is CC(Cl)C1CN(C)C(=O)c2ccccc2O1. The number of ether oxygens (including phenoxy) is 1. The van der Waals surface area contributed by atoms with Gasteiger partial charge in [-0.2, -0.15) is 0 Å². The molecule has 0 aliphatic carbocycles. The molecular weight excluding hydrogens is 226 g/mol. The van der Waals surface area contributed by atoms with Crippen molar-refractivity contribution < 1.29 is 9.53 Å². The molecule has 1 amide bonds. The molecule has 0 spiro atoms. The van der Waals surface area contributed by atoms with Gasteiger partial charge in [-0.25, -0.2) is 0 Å². The van der Waals surface area contributed by atoms with E-state index in [4.69, 9.17) is 16.3 Å². The number of likely N-dealkylation sites (N-methyl/N-ethyl adjacent to an activating group) is 1. The van der Waals surface area contributed by atoms with Crippen LogP contribution in [0.3, 0.4) is 0 Å². The van der Waals surface area contributed by atoms with Crippen LogP contribution in [0.15, 0.2) is 24.3 Å². The van der Waals surface area contributed by atoms with Crippen LogP contribution in [-0.4, -0.2) is 35.9 Å². The molecule has 16 heavy (non-hydrogen) atoms. The number of para-hydroxylation sites is 1. The Balaban J connectivity index is 2.40. The van der Waals surface area contributed by atoms with E-state index in [1.807, 2.05) is 19.1 Å². The van der Waals surface area contributed by atoms with Crippen LogP contribution in [0.2, 0.25) is 0 Å². The minimum absolute atomic E-state index is 0.0181. The van der Waals surface area contributed by atoms with E-state index in [2.05, 4.69) is 0 Å². The van der Waals surface area contributed by atoms with E-state index in [0.717, 1.165) is 0 Å². The van der Waals surface area contributed by atoms with E-state index in [1.54, 1.807) is 24.1 Å². The summed E-state index contributed by atoms with van der Waals surface area (Å²) in [4.78, 5) is 13.7. The first-order valence-corrected chi connectivity index (χ1v) is 5.68. The lowest BCUT2D eigenvalue weighted by molar-refractivity contribution is 0.0761. The van der Waals surface area contributed by atoms with Crippen LogP contribution in [0.25, 0.3) is 0 Å². The Hall–Kier alpha value is -1.22. The van der Waals surface area contributed by atoms with Crippen molar-refractivity contribution in [1.29, 1.82) is 0 Å². The standard InChI is InChI=1S/C12H14ClNO2/c1-8(13)11-7-14(2)12(15)9-5-3-4-6-10(9)16-11/h3-6,8,11H,7H2,1-2H3. The van der Waals surface area contributed by atoms with Crippen molar-refractivity contribution >= 4 is 17.5 Å². The molecule has 2 unspecified atom stereocenters. The van der Waals surface area contributed by atoms with E-state index in [1.165, 1.54) is 0 Å². The number of amides is 1. The molecule has 0 fully saturated rings. The molecule has 3 nitrogen and oxygen atoms in total. The highest BCUT2D eigenvalue weighted by Crippen LogP contribution is 2.25. The predicted molar refractivity (Wildman–Crippen MR) is 63.1 cm³/mol. The van der Waals surface area contributed by atoms with Crippen molar-refractivity contribution in [1.82, 2.24) is 4.90 Å². The second kappa shape index (κ2) is 4.34. The van der Waals surface area contributed by atoms with E-state index in [-0.39, 0.29) is 17.4 Å². The van der Waals surface area contributed by atoms with Gasteiger partial charge in [0.2, 0.25) is 0 Å². The Bertz CT molecular complexity index is 406. The third-order valence-corrected chi connectivity index (χ3v) is 2.99. The minimum atomic E-state index is -0.167. The monoisotopic (exact) mass is 239 g/mol. The van der Waals surface area contributed by atoms with Gasteiger partial charge in [-0.05, 0) is 19.1 Å². The van der Waals surface area contributed by atoms with Crippen LogP contribution >= 0.6 is 11.6 Å². The first-order chi connectivity index (χ1) is 7.59. The summed E-state index contributed by atoms with van der Waals surface area (Å²) < 4.78 is 5.76. The van der Waals surface area contributed by atoms with Crippen LogP contribution in [-0.2, 0) is 0 Å². The number of nitrogens with zero attached hydrogens (tertiary/aromatic N) is 1. The molecular formula is C12H14ClNO2. The maximum Gasteiger partial charge on any atom is 0.257 e. The minimum Gasteiger partial charge on any atom is -0.486 e. The van der Waals surface area contributed by atoms with E-state index in [9.17, 15) is 4.79 Å². The van der Waals surface area contributed by atoms with Crippen LogP contribution in [0.5, 0.6) is 5.75 Å². The Morgan fingerprint density at radius 2 is 2.19 bits per heavy atom. The van der Waals surface area contributed by atoms with Gasteiger partial charge in [0.1, 0.15) is 11.9 Å². The number of benzene rings is 1. The van der Waals surface area contributed by atoms with Gasteiger partial charge in [0.25, 0.3) is 5.91 Å². The molecule has 1 aromatic carbocycles. The topological polar surface area (TPSA) is 29.5 Å². The Morgan fingerprint density at radius 1 is 1.50 bits per heavy atom. The van der Waals surface area contributed by atoms with E-state index in [0.29, 0.717) is 17.9 Å². The van der Waals surface area contributed by atoms with Crippen molar-refractivity contribution in [2.24, 2.45) is 0 Å². The number of rotatable bonds is 1. The van der Waals surface area contributed by atoms with Gasteiger partial charge >= 0.3 is 0 Å². The van der Waals surface area contributed by atoms with Gasteiger partial charge in [0.15, 0.2) is 0 Å². The summed E-state index contributed by atoms with van der Waals surface area (Å²) in [6.45, 7) is 2.39. The average molecular weight is 240 g/mol. The number of hydrogen-bond acceptors (Lipinski definition) is 2. The molecule has 1 aliphatic heterocycles. The molecule has 0 N–H and O–H groups in total. The van der Waals surface area contributed by atoms with Crippen LogP contribution < -0.4 is 4.74 Å². The molecule has 0 saturated carbocycles. The number of carbonyl (C=O) groups excluding carboxylic acids is 1. The molecule has 1 heterocycles. The summed E-state index contributed by atoms with van der Waals surface area (Å²) in [6, 6.07) is 7.26. The van der Waals surface area contributed by atoms with Crippen LogP contribution in [0.4, 0.5) is 0 Å². The van der Waals surface area contributed by atoms with Crippen LogP contribution in [0, 0.1) is 0 Å². The third kappa shape index (κ3) is 2.00. The molecule has 86 valence electrons. The highest BCUT2D eigenvalue weighted by atomic mass is 35.5. The molecule has 1 aliphatic rings. The zero-order valence-corrected chi connectivity index (χ0v) is 10.1. The van der Waals surface area contributed by atoms with Crippen molar-refractivity contribution in [3.8, 4) is 5.75 Å². The van der Waals surface area contributed by atoms with E-state index < -0.39 is 0 Å². The van der Waals surface area contributed by atoms with Crippen molar-refractivity contribution in [3.63, 3.8) is 0 Å². The fourth-order valence-corrected chi connectivity index (χ4v) is 1.88. The zero-order chi connectivity index (χ0) is 11.7. The first kappa shape index (κ1) is 11.3. The number of alkyl halides is 1. The Kier molecular flexibility index (Phi) is 3.06. The predicted octanol–water partition coefficient (Wildman–Crippen LogP) is 2.15. The van der Waals surface area contributed by atoms with Gasteiger partial charge in [-0.3, -0.25) is 4.79 Å².